The first-order valence-corrected chi connectivity index (χ1v) is 7.30. The minimum absolute atomic E-state index is 0.0797. The normalized spacial score (nSPS) is 11.5. The molecule has 1 amide bonds. The van der Waals surface area contributed by atoms with E-state index in [0.29, 0.717) is 19.5 Å². The Kier molecular flexibility index (Phi) is 5.62. The van der Waals surface area contributed by atoms with Crippen molar-refractivity contribution < 1.29 is 4.79 Å². The zero-order chi connectivity index (χ0) is 12.9. The highest BCUT2D eigenvalue weighted by Crippen LogP contribution is 2.20. The number of thiophene rings is 1. The zero-order valence-corrected chi connectivity index (χ0v) is 12.7. The van der Waals surface area contributed by atoms with E-state index in [-0.39, 0.29) is 11.3 Å². The summed E-state index contributed by atoms with van der Waals surface area (Å²) in [5, 5.41) is 4.98. The quantitative estimate of drug-likeness (QED) is 0.847. The standard InChI is InChI=1S/C12H19BrN2OS/c1-12(2,8-14)6-11(16)15-4-3-10-5-9(13)7-17-10/h5,7H,3-4,6,8,14H2,1-2H3,(H,15,16). The first-order chi connectivity index (χ1) is 7.93. The van der Waals surface area contributed by atoms with Crippen molar-refractivity contribution in [2.45, 2.75) is 26.7 Å². The zero-order valence-electron chi connectivity index (χ0n) is 10.3. The Morgan fingerprint density at radius 1 is 1.59 bits per heavy atom. The molecule has 1 aromatic rings. The molecule has 5 heteroatoms. The third-order valence-electron chi connectivity index (χ3n) is 2.51. The second kappa shape index (κ2) is 6.52. The third-order valence-corrected chi connectivity index (χ3v) is 4.26. The van der Waals surface area contributed by atoms with Gasteiger partial charge in [-0.2, -0.15) is 0 Å². The van der Waals surface area contributed by atoms with Gasteiger partial charge in [0.25, 0.3) is 0 Å². The van der Waals surface area contributed by atoms with E-state index in [4.69, 9.17) is 5.73 Å². The highest BCUT2D eigenvalue weighted by molar-refractivity contribution is 9.10. The van der Waals surface area contributed by atoms with Crippen LogP contribution in [0.2, 0.25) is 0 Å². The molecular weight excluding hydrogens is 300 g/mol. The largest absolute Gasteiger partial charge is 0.356 e. The van der Waals surface area contributed by atoms with Gasteiger partial charge in [-0.3, -0.25) is 4.79 Å². The SMILES string of the molecule is CC(C)(CN)CC(=O)NCCc1cc(Br)cs1. The maximum absolute atomic E-state index is 11.6. The number of amides is 1. The summed E-state index contributed by atoms with van der Waals surface area (Å²) in [6, 6.07) is 2.08. The first-order valence-electron chi connectivity index (χ1n) is 5.62. The van der Waals surface area contributed by atoms with Crippen molar-refractivity contribution in [3.63, 3.8) is 0 Å². The summed E-state index contributed by atoms with van der Waals surface area (Å²) < 4.78 is 1.10. The van der Waals surface area contributed by atoms with Crippen molar-refractivity contribution >= 4 is 33.2 Å². The Hall–Kier alpha value is -0.390. The summed E-state index contributed by atoms with van der Waals surface area (Å²) in [7, 11) is 0. The highest BCUT2D eigenvalue weighted by atomic mass is 79.9. The molecule has 0 saturated heterocycles. The fourth-order valence-corrected chi connectivity index (χ4v) is 2.83. The van der Waals surface area contributed by atoms with E-state index >= 15 is 0 Å². The van der Waals surface area contributed by atoms with Gasteiger partial charge in [0, 0.05) is 27.7 Å². The highest BCUT2D eigenvalue weighted by Gasteiger charge is 2.19. The predicted octanol–water partition coefficient (Wildman–Crippen LogP) is 2.54. The number of hydrogen-bond acceptors (Lipinski definition) is 3. The molecule has 3 N–H and O–H groups in total. The van der Waals surface area contributed by atoms with Crippen LogP contribution in [0.1, 0.15) is 25.1 Å². The Morgan fingerprint density at radius 3 is 2.82 bits per heavy atom. The van der Waals surface area contributed by atoms with Gasteiger partial charge in [0.2, 0.25) is 5.91 Å². The van der Waals surface area contributed by atoms with Crippen molar-refractivity contribution in [1.82, 2.24) is 5.32 Å². The van der Waals surface area contributed by atoms with Crippen LogP contribution in [0.4, 0.5) is 0 Å². The van der Waals surface area contributed by atoms with Crippen LogP contribution in [-0.4, -0.2) is 19.0 Å². The maximum atomic E-state index is 11.6. The monoisotopic (exact) mass is 318 g/mol. The van der Waals surface area contributed by atoms with Crippen LogP contribution in [-0.2, 0) is 11.2 Å². The summed E-state index contributed by atoms with van der Waals surface area (Å²) in [5.41, 5.74) is 5.48. The molecule has 0 aromatic carbocycles. The van der Waals surface area contributed by atoms with Crippen LogP contribution in [0.25, 0.3) is 0 Å². The topological polar surface area (TPSA) is 55.1 Å². The van der Waals surface area contributed by atoms with E-state index in [1.165, 1.54) is 4.88 Å². The van der Waals surface area contributed by atoms with Crippen molar-refractivity contribution in [2.75, 3.05) is 13.1 Å². The molecule has 17 heavy (non-hydrogen) atoms. The van der Waals surface area contributed by atoms with Crippen molar-refractivity contribution in [3.8, 4) is 0 Å². The van der Waals surface area contributed by atoms with E-state index in [2.05, 4.69) is 32.7 Å². The number of nitrogens with two attached hydrogens (primary N) is 1. The van der Waals surface area contributed by atoms with E-state index < -0.39 is 0 Å². The van der Waals surface area contributed by atoms with Crippen molar-refractivity contribution in [3.05, 3.63) is 20.8 Å². The van der Waals surface area contributed by atoms with Gasteiger partial charge >= 0.3 is 0 Å². The molecular formula is C12H19BrN2OS. The van der Waals surface area contributed by atoms with E-state index in [0.717, 1.165) is 10.9 Å². The van der Waals surface area contributed by atoms with Gasteiger partial charge in [0.05, 0.1) is 0 Å². The minimum atomic E-state index is -0.115. The molecule has 1 aromatic heterocycles. The van der Waals surface area contributed by atoms with E-state index in [1.54, 1.807) is 11.3 Å². The van der Waals surface area contributed by atoms with E-state index in [1.807, 2.05) is 13.8 Å². The lowest BCUT2D eigenvalue weighted by Crippen LogP contribution is -2.33. The molecule has 0 saturated carbocycles. The molecule has 0 atom stereocenters. The lowest BCUT2D eigenvalue weighted by molar-refractivity contribution is -0.122. The van der Waals surface area contributed by atoms with Gasteiger partial charge in [-0.05, 0) is 40.4 Å². The van der Waals surface area contributed by atoms with Gasteiger partial charge in [-0.1, -0.05) is 13.8 Å². The average molecular weight is 319 g/mol. The van der Waals surface area contributed by atoms with E-state index in [9.17, 15) is 4.79 Å². The third kappa shape index (κ3) is 5.66. The average Bonchev–Trinajstić information content (AvgIpc) is 2.63. The van der Waals surface area contributed by atoms with Crippen molar-refractivity contribution in [2.24, 2.45) is 11.1 Å². The second-order valence-corrected chi connectivity index (χ2v) is 6.79. The molecule has 3 nitrogen and oxygen atoms in total. The lowest BCUT2D eigenvalue weighted by Gasteiger charge is -2.21. The van der Waals surface area contributed by atoms with Gasteiger partial charge in [-0.25, -0.2) is 0 Å². The number of rotatable bonds is 6. The Bertz CT molecular complexity index is 376. The number of nitrogens with one attached hydrogen (secondary N) is 1. The predicted molar refractivity (Wildman–Crippen MR) is 76.2 cm³/mol. The van der Waals surface area contributed by atoms with Crippen molar-refractivity contribution in [1.29, 1.82) is 0 Å². The smallest absolute Gasteiger partial charge is 0.220 e. The molecule has 0 bridgehead atoms. The molecule has 0 unspecified atom stereocenters. The summed E-state index contributed by atoms with van der Waals surface area (Å²) in [5.74, 6) is 0.0797. The van der Waals surface area contributed by atoms with Gasteiger partial charge < -0.3 is 11.1 Å². The minimum Gasteiger partial charge on any atom is -0.356 e. The molecule has 0 aliphatic heterocycles. The molecule has 0 fully saturated rings. The van der Waals surface area contributed by atoms with Gasteiger partial charge in [0.1, 0.15) is 0 Å². The van der Waals surface area contributed by atoms with Crippen LogP contribution >= 0.6 is 27.3 Å². The number of halogens is 1. The fraction of sp³-hybridized carbons (Fsp3) is 0.583. The fourth-order valence-electron chi connectivity index (χ4n) is 1.38. The van der Waals surface area contributed by atoms with Gasteiger partial charge in [-0.15, -0.1) is 11.3 Å². The summed E-state index contributed by atoms with van der Waals surface area (Å²) in [6.07, 6.45) is 1.36. The summed E-state index contributed by atoms with van der Waals surface area (Å²) in [6.45, 7) is 5.22. The second-order valence-electron chi connectivity index (χ2n) is 4.88. The van der Waals surface area contributed by atoms with Crippen LogP contribution in [0.5, 0.6) is 0 Å². The molecule has 0 radical (unpaired) electrons. The molecule has 0 aliphatic rings. The van der Waals surface area contributed by atoms with Crippen LogP contribution in [0.3, 0.4) is 0 Å². The van der Waals surface area contributed by atoms with Gasteiger partial charge in [0.15, 0.2) is 0 Å². The summed E-state index contributed by atoms with van der Waals surface area (Å²) >= 11 is 5.11. The Balaban J connectivity index is 2.25. The summed E-state index contributed by atoms with van der Waals surface area (Å²) in [4.78, 5) is 12.9. The first kappa shape index (κ1) is 14.7. The number of hydrogen-bond donors (Lipinski definition) is 2. The number of carbonyl (C=O) groups excluding carboxylic acids is 1. The Morgan fingerprint density at radius 2 is 2.29 bits per heavy atom. The molecule has 1 rings (SSSR count). The maximum Gasteiger partial charge on any atom is 0.220 e. The van der Waals surface area contributed by atoms with Crippen LogP contribution in [0.15, 0.2) is 15.9 Å². The van der Waals surface area contributed by atoms with Crippen LogP contribution < -0.4 is 11.1 Å². The number of carbonyl (C=O) groups is 1. The molecule has 0 aliphatic carbocycles. The molecule has 0 spiro atoms. The van der Waals surface area contributed by atoms with Crippen LogP contribution in [0, 0.1) is 5.41 Å². The molecule has 1 heterocycles. The Labute approximate surface area is 115 Å². The molecule has 96 valence electrons. The lowest BCUT2D eigenvalue weighted by atomic mass is 9.89.